The van der Waals surface area contributed by atoms with Crippen molar-refractivity contribution in [3.8, 4) is 22.8 Å². The van der Waals surface area contributed by atoms with Gasteiger partial charge < -0.3 is 30.0 Å². The highest BCUT2D eigenvalue weighted by molar-refractivity contribution is 5.99. The van der Waals surface area contributed by atoms with Crippen molar-refractivity contribution in [2.24, 2.45) is 5.92 Å². The highest BCUT2D eigenvalue weighted by atomic mass is 16.5. The summed E-state index contributed by atoms with van der Waals surface area (Å²) in [5, 5.41) is 25.8. The number of aliphatic hydroxyl groups is 2. The van der Waals surface area contributed by atoms with Crippen LogP contribution in [0.3, 0.4) is 0 Å². The zero-order valence-corrected chi connectivity index (χ0v) is 22.9. The molecule has 2 aromatic heterocycles. The third kappa shape index (κ3) is 4.71. The number of aromatic nitrogens is 2. The van der Waals surface area contributed by atoms with Gasteiger partial charge in [-0.25, -0.2) is 4.98 Å². The van der Waals surface area contributed by atoms with E-state index in [4.69, 9.17) is 19.6 Å². The number of hydrogen-bond acceptors (Lipinski definition) is 7. The fraction of sp³-hybridized carbons (Fsp3) is 0.375. The maximum absolute atomic E-state index is 13.3. The number of H-pyrrole nitrogens is 1. The lowest BCUT2D eigenvalue weighted by molar-refractivity contribution is -0.00108. The largest absolute Gasteiger partial charge is 0.493 e. The Bertz CT molecular complexity index is 1570. The number of aliphatic hydroxyl groups excluding tert-OH is 1. The zero-order valence-electron chi connectivity index (χ0n) is 22.9. The number of ketones is 1. The van der Waals surface area contributed by atoms with Gasteiger partial charge in [-0.2, -0.15) is 0 Å². The van der Waals surface area contributed by atoms with Crippen molar-refractivity contribution in [3.05, 3.63) is 71.0 Å². The molecule has 8 heteroatoms. The number of Topliss-reactive ketones (excluding diaryl/α,β-unsaturated/α-hetero) is 1. The monoisotopic (exact) mass is 541 g/mol. The Kier molecular flexibility index (Phi) is 6.98. The molecular formula is C32H35N3O5. The van der Waals surface area contributed by atoms with E-state index in [-0.39, 0.29) is 37.8 Å². The molecule has 4 aromatic rings. The number of carbonyl (C=O) groups is 1. The number of benzene rings is 2. The van der Waals surface area contributed by atoms with Crippen molar-refractivity contribution in [3.63, 3.8) is 0 Å². The van der Waals surface area contributed by atoms with Gasteiger partial charge in [0.15, 0.2) is 17.3 Å². The number of aromatic amines is 1. The summed E-state index contributed by atoms with van der Waals surface area (Å²) in [4.78, 5) is 21.8. The minimum Gasteiger partial charge on any atom is -0.493 e. The molecule has 40 heavy (non-hydrogen) atoms. The van der Waals surface area contributed by atoms with Gasteiger partial charge >= 0.3 is 0 Å². The molecule has 1 atom stereocenters. The normalized spacial score (nSPS) is 15.9. The van der Waals surface area contributed by atoms with E-state index in [1.54, 1.807) is 18.2 Å². The molecule has 2 aliphatic rings. The second kappa shape index (κ2) is 10.6. The number of methoxy groups -OCH3 is 1. The Morgan fingerprint density at radius 1 is 1.18 bits per heavy atom. The third-order valence-corrected chi connectivity index (χ3v) is 8.24. The average Bonchev–Trinajstić information content (AvgIpc) is 3.57. The molecular weight excluding hydrogens is 506 g/mol. The van der Waals surface area contributed by atoms with E-state index >= 15 is 0 Å². The van der Waals surface area contributed by atoms with Crippen molar-refractivity contribution in [1.82, 2.24) is 9.97 Å². The second-order valence-corrected chi connectivity index (χ2v) is 10.8. The van der Waals surface area contributed by atoms with Crippen LogP contribution in [0.2, 0.25) is 0 Å². The smallest absolute Gasteiger partial charge is 0.163 e. The van der Waals surface area contributed by atoms with Gasteiger partial charge in [0.25, 0.3) is 0 Å². The van der Waals surface area contributed by atoms with E-state index in [1.807, 2.05) is 12.3 Å². The van der Waals surface area contributed by atoms with Crippen LogP contribution in [0.25, 0.3) is 22.2 Å². The van der Waals surface area contributed by atoms with Gasteiger partial charge in [0.2, 0.25) is 0 Å². The molecule has 1 unspecified atom stereocenters. The van der Waals surface area contributed by atoms with Crippen molar-refractivity contribution in [2.45, 2.75) is 44.6 Å². The van der Waals surface area contributed by atoms with Crippen LogP contribution in [0.5, 0.6) is 11.5 Å². The number of ether oxygens (including phenoxy) is 2. The summed E-state index contributed by atoms with van der Waals surface area (Å²) < 4.78 is 10.9. The van der Waals surface area contributed by atoms with Crippen LogP contribution in [-0.2, 0) is 12.0 Å². The fourth-order valence-electron chi connectivity index (χ4n) is 5.90. The van der Waals surface area contributed by atoms with Crippen LogP contribution in [0, 0.1) is 12.8 Å². The molecule has 208 valence electrons. The van der Waals surface area contributed by atoms with Gasteiger partial charge in [-0.05, 0) is 73.9 Å². The van der Waals surface area contributed by atoms with Gasteiger partial charge in [-0.15, -0.1) is 0 Å². The van der Waals surface area contributed by atoms with Crippen LogP contribution in [0.1, 0.15) is 52.9 Å². The number of para-hydroxylation sites is 1. The number of nitrogens with one attached hydrogen (secondary N) is 2. The van der Waals surface area contributed by atoms with E-state index in [0.717, 1.165) is 59.2 Å². The van der Waals surface area contributed by atoms with E-state index in [0.29, 0.717) is 22.8 Å². The average molecular weight is 542 g/mol. The molecule has 1 aliphatic heterocycles. The topological polar surface area (TPSA) is 117 Å². The minimum absolute atomic E-state index is 0.0714. The summed E-state index contributed by atoms with van der Waals surface area (Å²) in [7, 11) is 1.52. The van der Waals surface area contributed by atoms with E-state index in [9.17, 15) is 9.90 Å². The lowest BCUT2D eigenvalue weighted by Crippen LogP contribution is -2.31. The number of hydrogen-bond donors (Lipinski definition) is 4. The van der Waals surface area contributed by atoms with E-state index in [2.05, 4.69) is 35.4 Å². The van der Waals surface area contributed by atoms with Crippen molar-refractivity contribution < 1.29 is 24.5 Å². The number of anilines is 1. The molecule has 2 aromatic carbocycles. The molecule has 1 aliphatic carbocycles. The quantitative estimate of drug-likeness (QED) is 0.194. The van der Waals surface area contributed by atoms with Gasteiger partial charge in [0, 0.05) is 41.2 Å². The molecule has 6 rings (SSSR count). The standard InChI is InChI=1S/C32H35N3O5/c1-19-4-3-5-23-24(18-34-29(19)23)31-30-21(11-13-33-30)17-28(35-31)32(38,22-7-8-22)12-10-25(37)20-6-9-26(40-15-14-36)27(16-20)39-2/h3-6,9,16-18,22,33-34,36,38H,7-8,10-15H2,1-2H3. The lowest BCUT2D eigenvalue weighted by Gasteiger charge is -2.29. The molecule has 1 saturated carbocycles. The SMILES string of the molecule is COc1cc(C(=O)CCC(O)(c2cc3c(c(-c4c[nH]c5c(C)cccc45)n2)NCC3)C2CC2)ccc1OCCO. The molecule has 0 saturated heterocycles. The molecule has 0 bridgehead atoms. The molecule has 0 amide bonds. The van der Waals surface area contributed by atoms with E-state index < -0.39 is 5.60 Å². The third-order valence-electron chi connectivity index (χ3n) is 8.24. The fourth-order valence-corrected chi connectivity index (χ4v) is 5.90. The first-order valence-electron chi connectivity index (χ1n) is 14.0. The van der Waals surface area contributed by atoms with Crippen LogP contribution in [0.15, 0.2) is 48.7 Å². The number of fused-ring (bicyclic) bond motifs is 2. The maximum atomic E-state index is 13.3. The predicted octanol–water partition coefficient (Wildman–Crippen LogP) is 5.15. The molecule has 8 nitrogen and oxygen atoms in total. The minimum atomic E-state index is -1.20. The molecule has 0 spiro atoms. The lowest BCUT2D eigenvalue weighted by atomic mass is 9.85. The molecule has 4 N–H and O–H groups in total. The van der Waals surface area contributed by atoms with Crippen LogP contribution in [0.4, 0.5) is 5.69 Å². The highest BCUT2D eigenvalue weighted by Gasteiger charge is 2.47. The summed E-state index contributed by atoms with van der Waals surface area (Å²) in [6.07, 6.45) is 5.15. The maximum Gasteiger partial charge on any atom is 0.163 e. The second-order valence-electron chi connectivity index (χ2n) is 10.8. The summed E-state index contributed by atoms with van der Waals surface area (Å²) >= 11 is 0. The zero-order chi connectivity index (χ0) is 27.9. The van der Waals surface area contributed by atoms with Gasteiger partial charge in [0.1, 0.15) is 12.2 Å². The highest BCUT2D eigenvalue weighted by Crippen LogP contribution is 2.50. The first-order chi connectivity index (χ1) is 19.4. The Labute approximate surface area is 233 Å². The number of nitrogens with zero attached hydrogens (tertiary/aromatic N) is 1. The number of aryl methyl sites for hydroxylation is 1. The Hall–Kier alpha value is -3.88. The summed E-state index contributed by atoms with van der Waals surface area (Å²) in [6, 6.07) is 13.3. The predicted molar refractivity (Wildman–Crippen MR) is 154 cm³/mol. The van der Waals surface area contributed by atoms with E-state index in [1.165, 1.54) is 12.7 Å². The summed E-state index contributed by atoms with van der Waals surface area (Å²) in [5.41, 5.74) is 6.22. The first kappa shape index (κ1) is 26.3. The first-order valence-corrected chi connectivity index (χ1v) is 14.0. The van der Waals surface area contributed by atoms with Gasteiger partial charge in [-0.3, -0.25) is 4.79 Å². The van der Waals surface area contributed by atoms with Crippen LogP contribution >= 0.6 is 0 Å². The Morgan fingerprint density at radius 3 is 2.80 bits per heavy atom. The molecule has 3 heterocycles. The van der Waals surface area contributed by atoms with Crippen molar-refractivity contribution in [1.29, 1.82) is 0 Å². The van der Waals surface area contributed by atoms with Crippen molar-refractivity contribution in [2.75, 3.05) is 32.2 Å². The van der Waals surface area contributed by atoms with Gasteiger partial charge in [0.05, 0.1) is 30.8 Å². The summed E-state index contributed by atoms with van der Waals surface area (Å²) in [6.45, 7) is 2.94. The molecule has 0 radical (unpaired) electrons. The molecule has 1 fully saturated rings. The van der Waals surface area contributed by atoms with Crippen LogP contribution in [-0.4, -0.2) is 52.8 Å². The number of pyridine rings is 1. The Balaban J connectivity index is 1.31. The Morgan fingerprint density at radius 2 is 2.02 bits per heavy atom. The van der Waals surface area contributed by atoms with Gasteiger partial charge in [-0.1, -0.05) is 18.2 Å². The number of rotatable bonds is 11. The summed E-state index contributed by atoms with van der Waals surface area (Å²) in [5.74, 6) is 0.894. The van der Waals surface area contributed by atoms with Crippen molar-refractivity contribution >= 4 is 22.4 Å². The van der Waals surface area contributed by atoms with Crippen LogP contribution < -0.4 is 14.8 Å². The number of carbonyl (C=O) groups excluding carboxylic acids is 1.